The smallest absolute Gasteiger partial charge is 0.242 e. The van der Waals surface area contributed by atoms with E-state index in [4.69, 9.17) is 0 Å². The van der Waals surface area contributed by atoms with Crippen molar-refractivity contribution >= 4 is 47.0 Å². The first-order valence-corrected chi connectivity index (χ1v) is 20.3. The maximum absolute atomic E-state index is 11.6. The van der Waals surface area contributed by atoms with Crippen LogP contribution < -0.4 is 10.2 Å². The van der Waals surface area contributed by atoms with Crippen LogP contribution in [0.3, 0.4) is 0 Å². The highest BCUT2D eigenvalue weighted by atomic mass is 16.7. The zero-order valence-electron chi connectivity index (χ0n) is 40.1. The predicted molar refractivity (Wildman–Crippen MR) is 237 cm³/mol. The lowest BCUT2D eigenvalue weighted by Crippen LogP contribution is -2.59. The fraction of sp³-hybridized carbons (Fsp3) is 0.705. The fourth-order valence-corrected chi connectivity index (χ4v) is 6.36. The summed E-state index contributed by atoms with van der Waals surface area (Å²) in [7, 11) is 15.4. The second-order valence-electron chi connectivity index (χ2n) is 15.8. The van der Waals surface area contributed by atoms with E-state index in [1.807, 2.05) is 58.2 Å². The Bertz CT molecular complexity index is 1370. The number of rotatable bonds is 5. The topological polar surface area (TPSA) is 160 Å². The van der Waals surface area contributed by atoms with E-state index in [0.29, 0.717) is 6.04 Å². The molecule has 1 aromatic rings. The molecule has 0 atom stereocenters. The Hall–Kier alpha value is -4.53. The number of hydroxylamine groups is 2. The van der Waals surface area contributed by atoms with Crippen LogP contribution in [0.1, 0.15) is 108 Å². The van der Waals surface area contributed by atoms with Gasteiger partial charge in [-0.25, -0.2) is 5.06 Å². The first-order chi connectivity index (χ1) is 27.1. The molecule has 0 unspecified atom stereocenters. The van der Waals surface area contributed by atoms with Gasteiger partial charge >= 0.3 is 0 Å². The van der Waals surface area contributed by atoms with E-state index in [0.717, 1.165) is 35.0 Å². The Balaban J connectivity index is -0.000000645. The molecule has 0 aromatic heterocycles. The molecular formula is C44H81N7O8. The highest BCUT2D eigenvalue weighted by Crippen LogP contribution is 2.57. The number of para-hydroxylation sites is 1. The molecule has 59 heavy (non-hydrogen) atoms. The number of nitrogens with one attached hydrogen (secondary N) is 1. The van der Waals surface area contributed by atoms with E-state index >= 15 is 0 Å². The molecule has 15 heteroatoms. The molecule has 0 aliphatic heterocycles. The van der Waals surface area contributed by atoms with E-state index in [1.165, 1.54) is 71.3 Å². The van der Waals surface area contributed by atoms with E-state index in [-0.39, 0.29) is 46.9 Å². The first-order valence-electron chi connectivity index (χ1n) is 20.3. The quantitative estimate of drug-likeness (QED) is 0.390. The maximum atomic E-state index is 11.6. The highest BCUT2D eigenvalue weighted by Gasteiger charge is 2.53. The maximum Gasteiger partial charge on any atom is 0.242 e. The summed E-state index contributed by atoms with van der Waals surface area (Å²) < 4.78 is 0. The Kier molecular flexibility index (Phi) is 30.4. The van der Waals surface area contributed by atoms with Crippen molar-refractivity contribution in [3.63, 3.8) is 0 Å². The Labute approximate surface area is 357 Å². The van der Waals surface area contributed by atoms with Gasteiger partial charge in [0, 0.05) is 129 Å². The normalized spacial score (nSPS) is 18.3. The summed E-state index contributed by atoms with van der Waals surface area (Å²) in [6.45, 7) is 17.6. The van der Waals surface area contributed by atoms with Crippen LogP contribution in [0.15, 0.2) is 30.3 Å². The molecule has 5 rings (SSSR count). The molecule has 340 valence electrons. The zero-order chi connectivity index (χ0) is 46.8. The van der Waals surface area contributed by atoms with Crippen LogP contribution in [0.2, 0.25) is 0 Å². The summed E-state index contributed by atoms with van der Waals surface area (Å²) in [6, 6.07) is 9.89. The number of hydrogen-bond acceptors (Lipinski definition) is 8. The summed E-state index contributed by atoms with van der Waals surface area (Å²) in [4.78, 5) is 86.3. The Morgan fingerprint density at radius 3 is 1.22 bits per heavy atom. The van der Waals surface area contributed by atoms with Gasteiger partial charge in [-0.3, -0.25) is 38.4 Å². The molecule has 0 spiro atoms. The monoisotopic (exact) mass is 836 g/mol. The van der Waals surface area contributed by atoms with Crippen LogP contribution in [-0.2, 0) is 38.4 Å². The molecule has 15 nitrogen and oxygen atoms in total. The van der Waals surface area contributed by atoms with E-state index in [2.05, 4.69) is 15.1 Å². The minimum absolute atomic E-state index is 0.00463. The van der Waals surface area contributed by atoms with Gasteiger partial charge in [-0.1, -0.05) is 18.2 Å². The van der Waals surface area contributed by atoms with Crippen LogP contribution in [0, 0.1) is 17.8 Å². The van der Waals surface area contributed by atoms with Crippen molar-refractivity contribution in [3.05, 3.63) is 30.3 Å². The van der Waals surface area contributed by atoms with E-state index < -0.39 is 0 Å². The third kappa shape index (κ3) is 25.5. The summed E-state index contributed by atoms with van der Waals surface area (Å²) >= 11 is 0. The number of benzene rings is 1. The summed E-state index contributed by atoms with van der Waals surface area (Å²) in [5.74, 6) is 3.35. The van der Waals surface area contributed by atoms with Gasteiger partial charge in [0.25, 0.3) is 0 Å². The molecule has 4 bridgehead atoms. The molecule has 1 aromatic carbocycles. The van der Waals surface area contributed by atoms with Crippen LogP contribution in [0.5, 0.6) is 0 Å². The molecule has 7 amide bonds. The molecule has 0 heterocycles. The van der Waals surface area contributed by atoms with Gasteiger partial charge in [0.05, 0.1) is 7.11 Å². The first kappa shape index (κ1) is 58.8. The summed E-state index contributed by atoms with van der Waals surface area (Å²) in [5, 5.41) is 3.54. The lowest BCUT2D eigenvalue weighted by molar-refractivity contribution is -0.165. The molecule has 4 saturated carbocycles. The second-order valence-corrected chi connectivity index (χ2v) is 15.8. The number of nitrogens with zero attached hydrogens (tertiary/aromatic N) is 6. The molecule has 4 aliphatic carbocycles. The second kappa shape index (κ2) is 30.5. The highest BCUT2D eigenvalue weighted by molar-refractivity contribution is 5.90. The average Bonchev–Trinajstić information content (AvgIpc) is 3.17. The SMILES string of the molecule is CC(=O)N(C)C.CC(=O)N(C)C(C)C.CC(=O)N(C)C12CC3CC(CC(C3)C1)C2.CC(=O)N(C)c1ccccc1.CCN(C)C(C)=O.CNC(C)=O.CON(C)C(C)=O. The molecule has 0 saturated heterocycles. The standard InChI is InChI=1S/C13H21NO.C9H11NO.C6H13NO.C5H11NO.C4H9NO2.C4H9NO.C3H7NO/c1-9(15)14(2)13-6-10-3-11(7-13)5-12(4-10)8-13;1-8(11)10(2)9-6-4-3-5-7-9;1-5(2)7(4)6(3)8;1-4-6(3)5(2)7;1-4(6)5(2)7-3;1-4(6)5(2)3;1-3(5)4-2/h10-12H,3-8H2,1-2H3;3-7H,1-2H3;5H,1-4H3;4H2,1-3H3;1-3H3;1-3H3;1-2H3,(H,4,5). The molecule has 4 fully saturated rings. The number of carbonyl (C=O) groups is 7. The van der Waals surface area contributed by atoms with Crippen molar-refractivity contribution in [3.8, 4) is 0 Å². The van der Waals surface area contributed by atoms with Crippen molar-refractivity contribution in [1.82, 2.24) is 30.0 Å². The largest absolute Gasteiger partial charge is 0.359 e. The van der Waals surface area contributed by atoms with E-state index in [9.17, 15) is 33.6 Å². The molecule has 1 N–H and O–H groups in total. The number of amides is 7. The van der Waals surface area contributed by atoms with Crippen molar-refractivity contribution in [2.75, 3.05) is 74.9 Å². The zero-order valence-corrected chi connectivity index (χ0v) is 40.1. The van der Waals surface area contributed by atoms with Gasteiger partial charge in [0.1, 0.15) is 0 Å². The van der Waals surface area contributed by atoms with Crippen molar-refractivity contribution < 1.29 is 38.4 Å². The molecule has 4 aliphatic rings. The third-order valence-corrected chi connectivity index (χ3v) is 10.8. The number of hydrogen-bond donors (Lipinski definition) is 1. The van der Waals surface area contributed by atoms with E-state index in [1.54, 1.807) is 91.7 Å². The van der Waals surface area contributed by atoms with Crippen LogP contribution >= 0.6 is 0 Å². The lowest BCUT2D eigenvalue weighted by Gasteiger charge is -2.59. The Morgan fingerprint density at radius 2 is 1.05 bits per heavy atom. The molecule has 0 radical (unpaired) electrons. The number of anilines is 1. The summed E-state index contributed by atoms with van der Waals surface area (Å²) in [6.07, 6.45) is 8.21. The van der Waals surface area contributed by atoms with Crippen LogP contribution in [0.4, 0.5) is 5.69 Å². The minimum Gasteiger partial charge on any atom is -0.359 e. The minimum atomic E-state index is -0.0949. The van der Waals surface area contributed by atoms with Gasteiger partial charge in [0.2, 0.25) is 41.4 Å². The van der Waals surface area contributed by atoms with Crippen molar-refractivity contribution in [2.45, 2.75) is 119 Å². The van der Waals surface area contributed by atoms with Crippen LogP contribution in [0.25, 0.3) is 0 Å². The van der Waals surface area contributed by atoms with Gasteiger partial charge in [-0.2, -0.15) is 0 Å². The predicted octanol–water partition coefficient (Wildman–Crippen LogP) is 5.33. The Morgan fingerprint density at radius 1 is 0.661 bits per heavy atom. The fourth-order valence-electron chi connectivity index (χ4n) is 6.36. The average molecular weight is 836 g/mol. The van der Waals surface area contributed by atoms with Crippen molar-refractivity contribution in [1.29, 1.82) is 0 Å². The third-order valence-electron chi connectivity index (χ3n) is 10.8. The van der Waals surface area contributed by atoms with Gasteiger partial charge in [-0.05, 0) is 89.2 Å². The molecular weight excluding hydrogens is 755 g/mol. The van der Waals surface area contributed by atoms with Gasteiger partial charge in [-0.15, -0.1) is 0 Å². The van der Waals surface area contributed by atoms with Gasteiger partial charge < -0.3 is 29.8 Å². The lowest BCUT2D eigenvalue weighted by atomic mass is 9.52. The number of carbonyl (C=O) groups excluding carboxylic acids is 7. The summed E-state index contributed by atoms with van der Waals surface area (Å²) in [5.41, 5.74) is 1.20. The van der Waals surface area contributed by atoms with Crippen LogP contribution in [-0.4, -0.2) is 148 Å². The van der Waals surface area contributed by atoms with Gasteiger partial charge in [0.15, 0.2) is 0 Å². The van der Waals surface area contributed by atoms with Crippen molar-refractivity contribution in [2.24, 2.45) is 17.8 Å².